The molecule has 74 valence electrons. The van der Waals surface area contributed by atoms with Crippen LogP contribution in [0.3, 0.4) is 0 Å². The summed E-state index contributed by atoms with van der Waals surface area (Å²) in [5.74, 6) is 0.741. The standard InChI is InChI=1S/C11H19NO/c1-2-13-9-11(8-12)10-6-4-3-5-7-10/h10-11H,2-7,9H2,1H3. The second-order valence-corrected chi connectivity index (χ2v) is 3.79. The molecule has 2 nitrogen and oxygen atoms in total. The topological polar surface area (TPSA) is 33.0 Å². The van der Waals surface area contributed by atoms with Crippen molar-refractivity contribution in [1.29, 1.82) is 5.26 Å². The van der Waals surface area contributed by atoms with Crippen molar-refractivity contribution in [3.8, 4) is 6.07 Å². The molecular weight excluding hydrogens is 162 g/mol. The molecule has 2 heteroatoms. The highest BCUT2D eigenvalue weighted by Crippen LogP contribution is 2.29. The monoisotopic (exact) mass is 181 g/mol. The van der Waals surface area contributed by atoms with Gasteiger partial charge in [-0.25, -0.2) is 0 Å². The Morgan fingerprint density at radius 2 is 2.08 bits per heavy atom. The fraction of sp³-hybridized carbons (Fsp3) is 0.909. The molecule has 0 N–H and O–H groups in total. The van der Waals surface area contributed by atoms with Gasteiger partial charge in [0.25, 0.3) is 0 Å². The molecule has 0 aromatic carbocycles. The average Bonchev–Trinajstić information content (AvgIpc) is 2.21. The molecule has 0 aliphatic heterocycles. The molecule has 1 fully saturated rings. The molecule has 0 radical (unpaired) electrons. The van der Waals surface area contributed by atoms with Crippen molar-refractivity contribution in [2.75, 3.05) is 13.2 Å². The first kappa shape index (κ1) is 10.5. The fourth-order valence-electron chi connectivity index (χ4n) is 2.06. The van der Waals surface area contributed by atoms with Crippen LogP contribution in [0.4, 0.5) is 0 Å². The van der Waals surface area contributed by atoms with E-state index in [0.29, 0.717) is 12.5 Å². The summed E-state index contributed by atoms with van der Waals surface area (Å²) < 4.78 is 5.32. The summed E-state index contributed by atoms with van der Waals surface area (Å²) in [4.78, 5) is 0. The van der Waals surface area contributed by atoms with E-state index in [1.165, 1.54) is 32.1 Å². The Morgan fingerprint density at radius 3 is 2.62 bits per heavy atom. The lowest BCUT2D eigenvalue weighted by atomic mass is 9.81. The van der Waals surface area contributed by atoms with Crippen LogP contribution >= 0.6 is 0 Å². The fourth-order valence-corrected chi connectivity index (χ4v) is 2.06. The summed E-state index contributed by atoms with van der Waals surface area (Å²) >= 11 is 0. The highest BCUT2D eigenvalue weighted by Gasteiger charge is 2.23. The van der Waals surface area contributed by atoms with Crippen molar-refractivity contribution in [3.63, 3.8) is 0 Å². The summed E-state index contributed by atoms with van der Waals surface area (Å²) in [6.45, 7) is 3.35. The van der Waals surface area contributed by atoms with E-state index in [9.17, 15) is 0 Å². The molecule has 0 heterocycles. The maximum absolute atomic E-state index is 8.97. The van der Waals surface area contributed by atoms with Crippen molar-refractivity contribution >= 4 is 0 Å². The van der Waals surface area contributed by atoms with Gasteiger partial charge in [-0.05, 0) is 25.7 Å². The van der Waals surface area contributed by atoms with Gasteiger partial charge in [0.15, 0.2) is 0 Å². The minimum atomic E-state index is 0.139. The van der Waals surface area contributed by atoms with Crippen LogP contribution in [0.1, 0.15) is 39.0 Å². The molecule has 0 amide bonds. The predicted molar refractivity (Wildman–Crippen MR) is 52.2 cm³/mol. The number of rotatable bonds is 4. The molecule has 0 saturated heterocycles. The van der Waals surface area contributed by atoms with Gasteiger partial charge in [0.1, 0.15) is 0 Å². The van der Waals surface area contributed by atoms with Crippen LogP contribution in [0.2, 0.25) is 0 Å². The molecule has 1 aliphatic carbocycles. The zero-order valence-electron chi connectivity index (χ0n) is 8.46. The zero-order chi connectivity index (χ0) is 9.52. The molecule has 0 aromatic rings. The van der Waals surface area contributed by atoms with Crippen LogP contribution in [-0.4, -0.2) is 13.2 Å². The van der Waals surface area contributed by atoms with E-state index in [4.69, 9.17) is 10.00 Å². The van der Waals surface area contributed by atoms with Gasteiger partial charge in [-0.3, -0.25) is 0 Å². The Labute approximate surface area is 80.9 Å². The van der Waals surface area contributed by atoms with Crippen LogP contribution < -0.4 is 0 Å². The third-order valence-electron chi connectivity index (χ3n) is 2.89. The molecule has 0 spiro atoms. The van der Waals surface area contributed by atoms with Crippen LogP contribution in [-0.2, 0) is 4.74 Å². The van der Waals surface area contributed by atoms with Crippen molar-refractivity contribution in [1.82, 2.24) is 0 Å². The van der Waals surface area contributed by atoms with Crippen molar-refractivity contribution < 1.29 is 4.74 Å². The normalized spacial score (nSPS) is 20.9. The number of hydrogen-bond donors (Lipinski definition) is 0. The smallest absolute Gasteiger partial charge is 0.0725 e. The second kappa shape index (κ2) is 5.99. The van der Waals surface area contributed by atoms with Crippen LogP contribution in [0.25, 0.3) is 0 Å². The summed E-state index contributed by atoms with van der Waals surface area (Å²) in [5, 5.41) is 8.97. The maximum Gasteiger partial charge on any atom is 0.0725 e. The van der Waals surface area contributed by atoms with Gasteiger partial charge >= 0.3 is 0 Å². The molecule has 1 rings (SSSR count). The first-order valence-electron chi connectivity index (χ1n) is 5.35. The van der Waals surface area contributed by atoms with Crippen LogP contribution in [0, 0.1) is 23.2 Å². The first-order valence-corrected chi connectivity index (χ1v) is 5.35. The number of ether oxygens (including phenoxy) is 1. The van der Waals surface area contributed by atoms with Gasteiger partial charge in [-0.15, -0.1) is 0 Å². The number of nitrogens with zero attached hydrogens (tertiary/aromatic N) is 1. The molecular formula is C11H19NO. The molecule has 1 aliphatic rings. The van der Waals surface area contributed by atoms with Gasteiger partial charge in [-0.2, -0.15) is 5.26 Å². The van der Waals surface area contributed by atoms with Gasteiger partial charge < -0.3 is 4.74 Å². The molecule has 1 unspecified atom stereocenters. The highest BCUT2D eigenvalue weighted by molar-refractivity contribution is 4.89. The lowest BCUT2D eigenvalue weighted by Gasteiger charge is -2.25. The third kappa shape index (κ3) is 3.36. The Bertz CT molecular complexity index is 167. The van der Waals surface area contributed by atoms with Gasteiger partial charge in [0.2, 0.25) is 0 Å². The number of hydrogen-bond acceptors (Lipinski definition) is 2. The second-order valence-electron chi connectivity index (χ2n) is 3.79. The Morgan fingerprint density at radius 1 is 1.38 bits per heavy atom. The first-order chi connectivity index (χ1) is 6.38. The minimum Gasteiger partial charge on any atom is -0.380 e. The van der Waals surface area contributed by atoms with Gasteiger partial charge in [0.05, 0.1) is 18.6 Å². The maximum atomic E-state index is 8.97. The summed E-state index contributed by atoms with van der Waals surface area (Å²) in [6.07, 6.45) is 6.41. The molecule has 1 atom stereocenters. The lowest BCUT2D eigenvalue weighted by molar-refractivity contribution is 0.0972. The Hall–Kier alpha value is -0.550. The van der Waals surface area contributed by atoms with Gasteiger partial charge in [-0.1, -0.05) is 19.3 Å². The summed E-state index contributed by atoms with van der Waals surface area (Å²) in [5.41, 5.74) is 0. The third-order valence-corrected chi connectivity index (χ3v) is 2.89. The van der Waals surface area contributed by atoms with Crippen LogP contribution in [0.15, 0.2) is 0 Å². The van der Waals surface area contributed by atoms with E-state index in [0.717, 1.165) is 6.61 Å². The van der Waals surface area contributed by atoms with E-state index in [1.54, 1.807) is 0 Å². The van der Waals surface area contributed by atoms with E-state index in [1.807, 2.05) is 6.92 Å². The highest BCUT2D eigenvalue weighted by atomic mass is 16.5. The van der Waals surface area contributed by atoms with E-state index < -0.39 is 0 Å². The molecule has 1 saturated carbocycles. The zero-order valence-corrected chi connectivity index (χ0v) is 8.46. The van der Waals surface area contributed by atoms with E-state index in [2.05, 4.69) is 6.07 Å². The molecule has 0 bridgehead atoms. The Balaban J connectivity index is 2.31. The van der Waals surface area contributed by atoms with E-state index >= 15 is 0 Å². The predicted octanol–water partition coefficient (Wildman–Crippen LogP) is 2.74. The SMILES string of the molecule is CCOCC(C#N)C1CCCCC1. The quantitative estimate of drug-likeness (QED) is 0.668. The Kier molecular flexibility index (Phi) is 4.85. The molecule has 0 aromatic heterocycles. The molecule has 13 heavy (non-hydrogen) atoms. The average molecular weight is 181 g/mol. The number of nitriles is 1. The lowest BCUT2D eigenvalue weighted by Crippen LogP contribution is -2.21. The summed E-state index contributed by atoms with van der Waals surface area (Å²) in [7, 11) is 0. The van der Waals surface area contributed by atoms with Crippen LogP contribution in [0.5, 0.6) is 0 Å². The van der Waals surface area contributed by atoms with Crippen molar-refractivity contribution in [2.24, 2.45) is 11.8 Å². The van der Waals surface area contributed by atoms with E-state index in [-0.39, 0.29) is 5.92 Å². The van der Waals surface area contributed by atoms with Crippen molar-refractivity contribution in [2.45, 2.75) is 39.0 Å². The minimum absolute atomic E-state index is 0.139. The largest absolute Gasteiger partial charge is 0.380 e. The summed E-state index contributed by atoms with van der Waals surface area (Å²) in [6, 6.07) is 2.38. The van der Waals surface area contributed by atoms with Crippen molar-refractivity contribution in [3.05, 3.63) is 0 Å². The van der Waals surface area contributed by atoms with Gasteiger partial charge in [0, 0.05) is 6.61 Å².